The van der Waals surface area contributed by atoms with Gasteiger partial charge in [0.15, 0.2) is 0 Å². The number of amides is 2. The monoisotopic (exact) mass is 300 g/mol. The highest BCUT2D eigenvalue weighted by Crippen LogP contribution is 2.08. The van der Waals surface area contributed by atoms with E-state index in [9.17, 15) is 9.18 Å². The average molecular weight is 300 g/mol. The number of carbonyl (C=O) groups is 1. The molecular weight excluding hydrogens is 279 g/mol. The zero-order valence-corrected chi connectivity index (χ0v) is 13.0. The van der Waals surface area contributed by atoms with Gasteiger partial charge >= 0.3 is 6.03 Å². The van der Waals surface area contributed by atoms with Crippen LogP contribution in [0.5, 0.6) is 0 Å². The molecule has 0 atom stereocenters. The van der Waals surface area contributed by atoms with Crippen LogP contribution in [0.2, 0.25) is 0 Å². The molecule has 0 aromatic heterocycles. The molecule has 22 heavy (non-hydrogen) atoms. The fourth-order valence-electron chi connectivity index (χ4n) is 2.18. The van der Waals surface area contributed by atoms with Crippen LogP contribution >= 0.6 is 0 Å². The van der Waals surface area contributed by atoms with Gasteiger partial charge in [-0.15, -0.1) is 0 Å². The van der Waals surface area contributed by atoms with E-state index < -0.39 is 0 Å². The molecule has 0 heterocycles. The maximum Gasteiger partial charge on any atom is 0.317 e. The van der Waals surface area contributed by atoms with E-state index in [4.69, 9.17) is 0 Å². The van der Waals surface area contributed by atoms with Crippen LogP contribution in [0.25, 0.3) is 0 Å². The third-order valence-corrected chi connectivity index (χ3v) is 3.50. The molecule has 0 radical (unpaired) electrons. The highest BCUT2D eigenvalue weighted by Gasteiger charge is 2.11. The predicted octanol–water partition coefficient (Wildman–Crippen LogP) is 3.87. The van der Waals surface area contributed by atoms with Crippen LogP contribution in [0, 0.1) is 12.7 Å². The van der Waals surface area contributed by atoms with Gasteiger partial charge in [0.05, 0.1) is 0 Å². The average Bonchev–Trinajstić information content (AvgIpc) is 2.52. The topological polar surface area (TPSA) is 32.3 Å². The van der Waals surface area contributed by atoms with Gasteiger partial charge in [-0.25, -0.2) is 9.18 Å². The summed E-state index contributed by atoms with van der Waals surface area (Å²) in [7, 11) is 0. The summed E-state index contributed by atoms with van der Waals surface area (Å²) in [6.07, 6.45) is 0. The molecule has 2 aromatic carbocycles. The molecule has 2 amide bonds. The number of hydrogen-bond donors (Lipinski definition) is 1. The first-order chi connectivity index (χ1) is 10.6. The second kappa shape index (κ2) is 7.59. The third kappa shape index (κ3) is 4.58. The predicted molar refractivity (Wildman–Crippen MR) is 85.9 cm³/mol. The van der Waals surface area contributed by atoms with Crippen LogP contribution < -0.4 is 5.32 Å². The van der Waals surface area contributed by atoms with Gasteiger partial charge in [0, 0.05) is 19.6 Å². The first-order valence-electron chi connectivity index (χ1n) is 7.41. The number of rotatable bonds is 5. The van der Waals surface area contributed by atoms with E-state index in [1.54, 1.807) is 11.0 Å². The van der Waals surface area contributed by atoms with Crippen LogP contribution in [-0.2, 0) is 13.1 Å². The third-order valence-electron chi connectivity index (χ3n) is 3.50. The molecule has 0 aliphatic heterocycles. The van der Waals surface area contributed by atoms with Gasteiger partial charge in [-0.05, 0) is 37.1 Å². The van der Waals surface area contributed by atoms with E-state index in [1.807, 2.05) is 44.2 Å². The molecular formula is C18H21FN2O. The van der Waals surface area contributed by atoms with E-state index in [-0.39, 0.29) is 11.8 Å². The quantitative estimate of drug-likeness (QED) is 0.893. The molecule has 116 valence electrons. The Kier molecular flexibility index (Phi) is 5.53. The lowest BCUT2D eigenvalue weighted by atomic mass is 10.1. The number of carbonyl (C=O) groups excluding carboxylic acids is 1. The Bertz CT molecular complexity index is 625. The summed E-state index contributed by atoms with van der Waals surface area (Å²) in [5.74, 6) is -0.284. The van der Waals surface area contributed by atoms with Crippen molar-refractivity contribution in [3.8, 4) is 0 Å². The Morgan fingerprint density at radius 2 is 1.86 bits per heavy atom. The molecule has 0 bridgehead atoms. The molecule has 0 aliphatic rings. The zero-order chi connectivity index (χ0) is 15.9. The van der Waals surface area contributed by atoms with Crippen LogP contribution in [0.4, 0.5) is 9.18 Å². The number of benzene rings is 2. The number of hydrogen-bond acceptors (Lipinski definition) is 1. The number of halogens is 1. The van der Waals surface area contributed by atoms with E-state index in [0.717, 1.165) is 11.1 Å². The fourth-order valence-corrected chi connectivity index (χ4v) is 2.18. The van der Waals surface area contributed by atoms with E-state index in [1.165, 1.54) is 17.7 Å². The fraction of sp³-hybridized carbons (Fsp3) is 0.278. The second-order valence-electron chi connectivity index (χ2n) is 5.29. The summed E-state index contributed by atoms with van der Waals surface area (Å²) in [4.78, 5) is 13.9. The molecule has 2 aromatic rings. The van der Waals surface area contributed by atoms with Crippen molar-refractivity contribution in [1.29, 1.82) is 0 Å². The molecule has 0 unspecified atom stereocenters. The van der Waals surface area contributed by atoms with E-state index >= 15 is 0 Å². The van der Waals surface area contributed by atoms with Crippen molar-refractivity contribution in [3.63, 3.8) is 0 Å². The van der Waals surface area contributed by atoms with Crippen LogP contribution in [-0.4, -0.2) is 17.5 Å². The lowest BCUT2D eigenvalue weighted by Gasteiger charge is -2.21. The summed E-state index contributed by atoms with van der Waals surface area (Å²) in [5, 5.41) is 2.90. The van der Waals surface area contributed by atoms with Gasteiger partial charge in [0.2, 0.25) is 0 Å². The van der Waals surface area contributed by atoms with E-state index in [0.29, 0.717) is 19.6 Å². The zero-order valence-electron chi connectivity index (χ0n) is 13.0. The van der Waals surface area contributed by atoms with Gasteiger partial charge in [0.1, 0.15) is 5.82 Å². The van der Waals surface area contributed by atoms with Crippen molar-refractivity contribution in [2.45, 2.75) is 26.9 Å². The van der Waals surface area contributed by atoms with E-state index in [2.05, 4.69) is 5.32 Å². The molecule has 3 nitrogen and oxygen atoms in total. The maximum atomic E-state index is 13.2. The highest BCUT2D eigenvalue weighted by molar-refractivity contribution is 5.74. The van der Waals surface area contributed by atoms with Crippen LogP contribution in [0.1, 0.15) is 23.6 Å². The number of nitrogens with zero attached hydrogens (tertiary/aromatic N) is 1. The van der Waals surface area contributed by atoms with Crippen molar-refractivity contribution in [2.24, 2.45) is 0 Å². The second-order valence-corrected chi connectivity index (χ2v) is 5.29. The first kappa shape index (κ1) is 16.0. The van der Waals surface area contributed by atoms with Gasteiger partial charge in [-0.3, -0.25) is 0 Å². The Morgan fingerprint density at radius 3 is 2.50 bits per heavy atom. The van der Waals surface area contributed by atoms with Crippen molar-refractivity contribution in [1.82, 2.24) is 10.2 Å². The normalized spacial score (nSPS) is 10.3. The number of nitrogens with one attached hydrogen (secondary N) is 1. The summed E-state index contributed by atoms with van der Waals surface area (Å²) in [6.45, 7) is 5.38. The smallest absolute Gasteiger partial charge is 0.317 e. The van der Waals surface area contributed by atoms with Crippen LogP contribution in [0.3, 0.4) is 0 Å². The minimum atomic E-state index is -0.284. The number of urea groups is 1. The maximum absolute atomic E-state index is 13.2. The summed E-state index contributed by atoms with van der Waals surface area (Å²) < 4.78 is 13.2. The Morgan fingerprint density at radius 1 is 1.14 bits per heavy atom. The molecule has 1 N–H and O–H groups in total. The van der Waals surface area contributed by atoms with Gasteiger partial charge in [0.25, 0.3) is 0 Å². The van der Waals surface area contributed by atoms with Crippen molar-refractivity contribution >= 4 is 6.03 Å². The highest BCUT2D eigenvalue weighted by atomic mass is 19.1. The summed E-state index contributed by atoms with van der Waals surface area (Å²) in [5.41, 5.74) is 3.03. The summed E-state index contributed by atoms with van der Waals surface area (Å²) in [6, 6.07) is 14.2. The standard InChI is InChI=1S/C18H21FN2O/c1-3-21(13-16-5-4-6-17(19)11-16)18(22)20-12-15-9-7-14(2)8-10-15/h4-11H,3,12-13H2,1-2H3,(H,20,22). The Hall–Kier alpha value is -2.36. The lowest BCUT2D eigenvalue weighted by molar-refractivity contribution is 0.197. The van der Waals surface area contributed by atoms with Gasteiger partial charge < -0.3 is 10.2 Å². The Labute approximate surface area is 130 Å². The number of aryl methyl sites for hydroxylation is 1. The Balaban J connectivity index is 1.92. The lowest BCUT2D eigenvalue weighted by Crippen LogP contribution is -2.39. The largest absolute Gasteiger partial charge is 0.334 e. The van der Waals surface area contributed by atoms with Crippen molar-refractivity contribution in [3.05, 3.63) is 71.0 Å². The SMILES string of the molecule is CCN(Cc1cccc(F)c1)C(=O)NCc1ccc(C)cc1. The van der Waals surface area contributed by atoms with Crippen LogP contribution in [0.15, 0.2) is 48.5 Å². The van der Waals surface area contributed by atoms with Gasteiger partial charge in [-0.1, -0.05) is 42.0 Å². The first-order valence-corrected chi connectivity index (χ1v) is 7.41. The molecule has 0 aliphatic carbocycles. The van der Waals surface area contributed by atoms with Crippen molar-refractivity contribution in [2.75, 3.05) is 6.54 Å². The summed E-state index contributed by atoms with van der Waals surface area (Å²) >= 11 is 0. The molecule has 0 saturated heterocycles. The molecule has 2 rings (SSSR count). The molecule has 0 saturated carbocycles. The molecule has 0 spiro atoms. The molecule has 0 fully saturated rings. The minimum absolute atomic E-state index is 0.146. The minimum Gasteiger partial charge on any atom is -0.334 e. The molecule has 4 heteroatoms. The van der Waals surface area contributed by atoms with Crippen molar-refractivity contribution < 1.29 is 9.18 Å². The van der Waals surface area contributed by atoms with Gasteiger partial charge in [-0.2, -0.15) is 0 Å².